The number of ether oxygens (including phenoxy) is 7. The maximum Gasteiger partial charge on any atom is 0.405 e. The Hall–Kier alpha value is -9.80. The number of anilines is 4. The Morgan fingerprint density at radius 3 is 1.51 bits per heavy atom. The molecule has 1 unspecified atom stereocenters. The van der Waals surface area contributed by atoms with Gasteiger partial charge in [0.25, 0.3) is 29.5 Å². The highest BCUT2D eigenvalue weighted by atomic mass is 28.3. The number of carbonyl (C=O) groups is 7. The van der Waals surface area contributed by atoms with Gasteiger partial charge >= 0.3 is 6.09 Å². The lowest BCUT2D eigenvalue weighted by Crippen LogP contribution is -2.49. The van der Waals surface area contributed by atoms with E-state index in [1.165, 1.54) is 53.2 Å². The van der Waals surface area contributed by atoms with Gasteiger partial charge in [-0.2, -0.15) is 0 Å². The Balaban J connectivity index is 0.704. The van der Waals surface area contributed by atoms with Gasteiger partial charge in [-0.05, 0) is 120 Å². The van der Waals surface area contributed by atoms with Crippen molar-refractivity contribution in [3.05, 3.63) is 167 Å². The van der Waals surface area contributed by atoms with Crippen molar-refractivity contribution in [2.75, 3.05) is 107 Å². The number of piperazine rings is 1. The summed E-state index contributed by atoms with van der Waals surface area (Å²) in [6, 6.07) is 37.4. The van der Waals surface area contributed by atoms with E-state index in [2.05, 4.69) is 115 Å². The number of methoxy groups -OCH3 is 2. The number of rotatable bonds is 30. The Labute approximate surface area is 622 Å². The fourth-order valence-corrected chi connectivity index (χ4v) is 16.0. The summed E-state index contributed by atoms with van der Waals surface area (Å²) in [4.78, 5) is 110. The van der Waals surface area contributed by atoms with Crippen molar-refractivity contribution < 1.29 is 66.7 Å². The number of fused-ring (bicyclic) bond motifs is 7. The summed E-state index contributed by atoms with van der Waals surface area (Å²) >= 11 is 0. The van der Waals surface area contributed by atoms with Crippen molar-refractivity contribution in [2.45, 2.75) is 127 Å². The molecule has 1 aliphatic carbocycles. The highest BCUT2D eigenvalue weighted by Crippen LogP contribution is 2.48. The Bertz CT molecular complexity index is 4310. The Kier molecular flexibility index (Phi) is 23.3. The van der Waals surface area contributed by atoms with E-state index in [0.717, 1.165) is 55.1 Å². The molecule has 106 heavy (non-hydrogen) atoms. The van der Waals surface area contributed by atoms with Gasteiger partial charge in [-0.15, -0.1) is 0 Å². The van der Waals surface area contributed by atoms with Gasteiger partial charge in [-0.3, -0.25) is 38.6 Å². The molecule has 5 aliphatic heterocycles. The lowest BCUT2D eigenvalue weighted by atomic mass is 9.87. The number of hydrogen-bond donors (Lipinski definition) is 3. The minimum atomic E-state index is -1.55. The summed E-state index contributed by atoms with van der Waals surface area (Å²) < 4.78 is 42.6. The van der Waals surface area contributed by atoms with Gasteiger partial charge in [0.05, 0.1) is 49.9 Å². The first-order valence-corrected chi connectivity index (χ1v) is 44.1. The van der Waals surface area contributed by atoms with Crippen LogP contribution >= 0.6 is 0 Å². The van der Waals surface area contributed by atoms with Gasteiger partial charge < -0.3 is 69.1 Å². The Morgan fingerprint density at radius 1 is 0.575 bits per heavy atom. The molecule has 12 rings (SSSR count). The van der Waals surface area contributed by atoms with Crippen molar-refractivity contribution in [1.29, 1.82) is 0 Å². The summed E-state index contributed by atoms with van der Waals surface area (Å²) in [5.41, 5.74) is 16.2. The van der Waals surface area contributed by atoms with Crippen LogP contribution in [0.15, 0.2) is 134 Å². The number of amides is 7. The molecule has 25 heteroatoms. The van der Waals surface area contributed by atoms with Crippen LogP contribution in [0.25, 0.3) is 22.3 Å². The van der Waals surface area contributed by atoms with Gasteiger partial charge in [0.2, 0.25) is 5.91 Å². The van der Waals surface area contributed by atoms with Crippen LogP contribution in [0, 0.1) is 5.92 Å². The minimum Gasteiger partial charge on any atom is -0.493 e. The lowest BCUT2D eigenvalue weighted by Gasteiger charge is -2.34. The largest absolute Gasteiger partial charge is 0.493 e. The molecule has 0 spiro atoms. The number of hydrogen-bond acceptors (Lipinski definition) is 16. The van der Waals surface area contributed by atoms with E-state index in [1.807, 2.05) is 37.4 Å². The van der Waals surface area contributed by atoms with E-state index >= 15 is 4.79 Å². The first kappa shape index (κ1) is 75.9. The summed E-state index contributed by atoms with van der Waals surface area (Å²) in [6.45, 7) is 21.6. The van der Waals surface area contributed by atoms with E-state index in [4.69, 9.17) is 38.9 Å². The maximum absolute atomic E-state index is 15.1. The molecular weight excluding hydrogens is 1380 g/mol. The number of carbonyl (C=O) groups excluding carboxylic acids is 7. The van der Waals surface area contributed by atoms with E-state index in [-0.39, 0.29) is 79.4 Å². The zero-order valence-corrected chi connectivity index (χ0v) is 64.7. The quantitative estimate of drug-likeness (QED) is 0.0280. The molecule has 5 atom stereocenters. The molecule has 0 radical (unpaired) electrons. The Morgan fingerprint density at radius 2 is 1.05 bits per heavy atom. The summed E-state index contributed by atoms with van der Waals surface area (Å²) in [7, 11) is 2.06. The topological polar surface area (TPSA) is 254 Å². The van der Waals surface area contributed by atoms with Crippen LogP contribution in [-0.2, 0) is 33.4 Å². The molecule has 0 saturated carbocycles. The van der Waals surface area contributed by atoms with Crippen molar-refractivity contribution >= 4 is 91.6 Å². The van der Waals surface area contributed by atoms with Crippen molar-refractivity contribution in [1.82, 2.24) is 20.0 Å². The number of primary amides is 1. The van der Waals surface area contributed by atoms with Gasteiger partial charge in [0.1, 0.15) is 31.6 Å². The molecule has 0 aromatic heterocycles. The van der Waals surface area contributed by atoms with Crippen molar-refractivity contribution in [3.63, 3.8) is 0 Å². The molecule has 0 bridgehead atoms. The second-order valence-electron chi connectivity index (χ2n) is 30.8. The molecule has 7 amide bonds. The predicted molar refractivity (Wildman–Crippen MR) is 415 cm³/mol. The molecule has 5 heterocycles. The molecular formula is C81H99N9O14Si2. The molecule has 4 N–H and O–H groups in total. The van der Waals surface area contributed by atoms with Gasteiger partial charge in [0.15, 0.2) is 29.1 Å². The molecule has 6 aliphatic rings. The third-order valence-electron chi connectivity index (χ3n) is 20.8. The highest BCUT2D eigenvalue weighted by Gasteiger charge is 2.46. The first-order chi connectivity index (χ1) is 50.8. The van der Waals surface area contributed by atoms with Crippen LogP contribution in [0.2, 0.25) is 51.4 Å². The zero-order chi connectivity index (χ0) is 75.3. The van der Waals surface area contributed by atoms with Crippen LogP contribution in [0.1, 0.15) is 94.8 Å². The van der Waals surface area contributed by atoms with Gasteiger partial charge in [-0.25, -0.2) is 4.79 Å². The molecule has 6 aromatic carbocycles. The fraction of sp³-hybridized carbons (Fsp3) is 0.420. The third kappa shape index (κ3) is 17.0. The SMILES string of the molecule is COc1cc2c(cc1OCCCOc1cc3c(cc1OC)C(=O)N1C=C(c4ccc(N5CCN(C)CC5)cc4)C[C@H]1C(=O)N3COCC[Si](C)(C)C)N(COCC[Si](C)(C)C)C(=O)[C@@H]1CC(c3ccc(NC(=O)[C@H](C)NC(=O)C(OC(N)=O)[C@@H](C)CCC4c5ccccc5-c5ccccc54)cc3)=CN1C2=O. The number of nitrogens with one attached hydrogen (secondary N) is 2. The van der Waals surface area contributed by atoms with Crippen LogP contribution in [0.5, 0.6) is 23.0 Å². The van der Waals surface area contributed by atoms with Crippen molar-refractivity contribution in [2.24, 2.45) is 11.7 Å². The third-order valence-corrected chi connectivity index (χ3v) is 24.2. The summed E-state index contributed by atoms with van der Waals surface area (Å²) in [5.74, 6) is -1.80. The van der Waals surface area contributed by atoms with E-state index < -0.39 is 70.1 Å². The second-order valence-corrected chi connectivity index (χ2v) is 42.0. The average Bonchev–Trinajstić information content (AvgIpc) is 1.60. The van der Waals surface area contributed by atoms with Crippen LogP contribution in [0.4, 0.5) is 27.5 Å². The average molecular weight is 1480 g/mol. The minimum absolute atomic E-state index is 0.0674. The summed E-state index contributed by atoms with van der Waals surface area (Å²) in [5, 5.41) is 5.58. The van der Waals surface area contributed by atoms with E-state index in [9.17, 15) is 28.8 Å². The maximum atomic E-state index is 15.1. The molecule has 6 aromatic rings. The highest BCUT2D eigenvalue weighted by molar-refractivity contribution is 6.76. The number of likely N-dealkylation sites (N-methyl/N-ethyl adjacent to an activating group) is 1. The zero-order valence-electron chi connectivity index (χ0n) is 62.7. The van der Waals surface area contributed by atoms with E-state index in [1.54, 1.807) is 64.5 Å². The van der Waals surface area contributed by atoms with Gasteiger partial charge in [0, 0.05) is 123 Å². The predicted octanol–water partition coefficient (Wildman–Crippen LogP) is 12.3. The van der Waals surface area contributed by atoms with Crippen LogP contribution in [0.3, 0.4) is 0 Å². The smallest absolute Gasteiger partial charge is 0.405 e. The molecule has 560 valence electrons. The number of nitrogens with zero attached hydrogens (tertiary/aromatic N) is 6. The fourth-order valence-electron chi connectivity index (χ4n) is 14.5. The van der Waals surface area contributed by atoms with Crippen molar-refractivity contribution in [3.8, 4) is 34.1 Å². The standard InChI is InChI=1S/C81H99N9O14Si2/c1-51(21-30-63-61-19-14-12-17-59(61)60-18-13-15-20-62(60)63)74(104-81(82)97)76(92)83-52(2)75(91)84-57-26-22-53(23-27-57)55-41-68-79(95)89(49-100-37-39-105(6,7)8)66-45-72(70(98-4)43-64(66)77(93)87(68)47-55)102-35-16-36-103-73-46-67-65(44-71(73)99-5)78(94)88-48-56(42-69(88)80(96)90(67)50-101-38-40-106(9,10)11)54-24-28-58(29-25-54)86-33-31-85(3)32-34-86/h12-15,17-20,22-29,43-48,51-52,63,68-69,74H,16,21,30-42,49-50H2,1-11H3,(H2,82,97)(H,83,92)(H,84,91)/t51-,52-,68-,69-,74?/m0/s1. The number of nitrogens with two attached hydrogens (primary N) is 1. The second kappa shape index (κ2) is 32.5. The van der Waals surface area contributed by atoms with Crippen LogP contribution < -0.4 is 50.0 Å². The molecule has 1 fully saturated rings. The normalized spacial score (nSPS) is 18.1. The summed E-state index contributed by atoms with van der Waals surface area (Å²) in [6.07, 6.45) is 3.18. The molecule has 23 nitrogen and oxygen atoms in total. The van der Waals surface area contributed by atoms with Gasteiger partial charge in [-0.1, -0.05) is 119 Å². The van der Waals surface area contributed by atoms with E-state index in [0.29, 0.717) is 78.6 Å². The monoisotopic (exact) mass is 1480 g/mol. The molecule has 1 saturated heterocycles. The van der Waals surface area contributed by atoms with Crippen LogP contribution in [-0.4, -0.2) is 184 Å². The lowest BCUT2D eigenvalue weighted by molar-refractivity contribution is -0.134. The number of benzene rings is 6. The first-order valence-electron chi connectivity index (χ1n) is 36.7.